The number of aryl methyl sites for hydroxylation is 2. The van der Waals surface area contributed by atoms with Crippen LogP contribution in [0.1, 0.15) is 30.2 Å². The Morgan fingerprint density at radius 1 is 1.31 bits per heavy atom. The summed E-state index contributed by atoms with van der Waals surface area (Å²) < 4.78 is 7.01. The van der Waals surface area contributed by atoms with E-state index in [0.717, 1.165) is 35.1 Å². The molecular formula is C21H25N3O3S2. The molecule has 1 amide bonds. The average molecular weight is 432 g/mol. The van der Waals surface area contributed by atoms with Crippen LogP contribution in [-0.4, -0.2) is 52.4 Å². The third-order valence-electron chi connectivity index (χ3n) is 5.43. The standard InChI is InChI=1S/C21H25N3O3S2/c1-3-14(2)12-24-20(26)18-15-6-4-5-7-16(15)29-19(18)22-21(24)28-13-17(25)23-8-10-27-11-9-23/h1,4-13H2,2H3. The van der Waals surface area contributed by atoms with E-state index in [1.165, 1.54) is 28.6 Å². The van der Waals surface area contributed by atoms with Crippen LogP contribution in [0.15, 0.2) is 27.8 Å². The Kier molecular flexibility index (Phi) is 6.25. The van der Waals surface area contributed by atoms with E-state index in [-0.39, 0.29) is 17.2 Å². The van der Waals surface area contributed by atoms with E-state index in [0.29, 0.717) is 38.0 Å². The summed E-state index contributed by atoms with van der Waals surface area (Å²) in [4.78, 5) is 34.8. The number of morpholine rings is 1. The van der Waals surface area contributed by atoms with Crippen LogP contribution in [0, 0.1) is 0 Å². The SMILES string of the molecule is C=C=C(C)Cn1c(SCC(=O)N2CCOCC2)nc2sc3c(c2c1=O)CCCC3. The quantitative estimate of drug-likeness (QED) is 0.414. The maximum atomic E-state index is 13.4. The number of thiophene rings is 1. The molecule has 0 N–H and O–H groups in total. The highest BCUT2D eigenvalue weighted by molar-refractivity contribution is 7.99. The average Bonchev–Trinajstić information content (AvgIpc) is 3.13. The minimum absolute atomic E-state index is 0.00896. The van der Waals surface area contributed by atoms with Crippen LogP contribution < -0.4 is 5.56 Å². The number of carbonyl (C=O) groups is 1. The van der Waals surface area contributed by atoms with E-state index < -0.39 is 0 Å². The predicted molar refractivity (Wildman–Crippen MR) is 117 cm³/mol. The summed E-state index contributed by atoms with van der Waals surface area (Å²) in [7, 11) is 0. The lowest BCUT2D eigenvalue weighted by atomic mass is 9.97. The number of carbonyl (C=O) groups excluding carboxylic acids is 1. The first-order chi connectivity index (χ1) is 14.1. The van der Waals surface area contributed by atoms with Gasteiger partial charge in [-0.25, -0.2) is 4.98 Å². The van der Waals surface area contributed by atoms with Crippen LogP contribution in [0.25, 0.3) is 10.2 Å². The van der Waals surface area contributed by atoms with Gasteiger partial charge in [-0.05, 0) is 43.7 Å². The molecule has 1 saturated heterocycles. The maximum absolute atomic E-state index is 13.4. The maximum Gasteiger partial charge on any atom is 0.263 e. The third kappa shape index (κ3) is 4.21. The van der Waals surface area contributed by atoms with Crippen LogP contribution in [0.2, 0.25) is 0 Å². The van der Waals surface area contributed by atoms with Crippen molar-refractivity contribution in [1.29, 1.82) is 0 Å². The highest BCUT2D eigenvalue weighted by atomic mass is 32.2. The highest BCUT2D eigenvalue weighted by Gasteiger charge is 2.23. The van der Waals surface area contributed by atoms with E-state index in [1.807, 2.05) is 11.8 Å². The van der Waals surface area contributed by atoms with Crippen LogP contribution in [0.5, 0.6) is 0 Å². The summed E-state index contributed by atoms with van der Waals surface area (Å²) in [5.41, 5.74) is 4.92. The molecule has 0 aromatic carbocycles. The zero-order valence-electron chi connectivity index (χ0n) is 16.7. The number of aromatic nitrogens is 2. The molecule has 3 heterocycles. The normalized spacial score (nSPS) is 16.5. The third-order valence-corrected chi connectivity index (χ3v) is 7.57. The Balaban J connectivity index is 1.69. The summed E-state index contributed by atoms with van der Waals surface area (Å²) in [5, 5.41) is 1.36. The molecule has 2 aromatic heterocycles. The summed E-state index contributed by atoms with van der Waals surface area (Å²) >= 11 is 2.98. The molecule has 2 aromatic rings. The van der Waals surface area contributed by atoms with E-state index >= 15 is 0 Å². The van der Waals surface area contributed by atoms with Crippen LogP contribution in [-0.2, 0) is 28.9 Å². The molecule has 4 rings (SSSR count). The van der Waals surface area contributed by atoms with Crippen LogP contribution in [0.4, 0.5) is 0 Å². The van der Waals surface area contributed by atoms with Gasteiger partial charge in [-0.3, -0.25) is 14.2 Å². The van der Waals surface area contributed by atoms with Gasteiger partial charge in [0.15, 0.2) is 5.16 Å². The lowest BCUT2D eigenvalue weighted by Gasteiger charge is -2.26. The number of hydrogen-bond acceptors (Lipinski definition) is 6. The Bertz CT molecular complexity index is 1040. The largest absolute Gasteiger partial charge is 0.378 e. The summed E-state index contributed by atoms with van der Waals surface area (Å²) in [6, 6.07) is 0. The molecule has 0 bridgehead atoms. The van der Waals surface area contributed by atoms with Crippen molar-refractivity contribution in [2.75, 3.05) is 32.1 Å². The fraction of sp³-hybridized carbons (Fsp3) is 0.524. The van der Waals surface area contributed by atoms with Gasteiger partial charge < -0.3 is 9.64 Å². The number of nitrogens with zero attached hydrogens (tertiary/aromatic N) is 3. The topological polar surface area (TPSA) is 64.4 Å². The number of thioether (sulfide) groups is 1. The van der Waals surface area contributed by atoms with Crippen molar-refractivity contribution in [3.63, 3.8) is 0 Å². The minimum atomic E-state index is -0.00896. The van der Waals surface area contributed by atoms with Gasteiger partial charge in [0.1, 0.15) is 4.83 Å². The number of amides is 1. The van der Waals surface area contributed by atoms with Gasteiger partial charge in [0.05, 0.1) is 30.9 Å². The van der Waals surface area contributed by atoms with Gasteiger partial charge in [0, 0.05) is 18.0 Å². The molecule has 0 radical (unpaired) electrons. The number of hydrogen-bond donors (Lipinski definition) is 0. The first kappa shape index (κ1) is 20.4. The Morgan fingerprint density at radius 3 is 2.83 bits per heavy atom. The molecule has 1 fully saturated rings. The molecule has 29 heavy (non-hydrogen) atoms. The highest BCUT2D eigenvalue weighted by Crippen LogP contribution is 2.34. The molecule has 1 aliphatic heterocycles. The number of allylic oxidation sites excluding steroid dienone is 1. The number of rotatable bonds is 5. The zero-order chi connectivity index (χ0) is 20.4. The van der Waals surface area contributed by atoms with Crippen molar-refractivity contribution in [2.45, 2.75) is 44.3 Å². The van der Waals surface area contributed by atoms with Crippen molar-refractivity contribution >= 4 is 39.2 Å². The molecule has 8 heteroatoms. The Labute approximate surface area is 178 Å². The second kappa shape index (κ2) is 8.88. The molecular weight excluding hydrogens is 406 g/mol. The summed E-state index contributed by atoms with van der Waals surface area (Å²) in [6.45, 7) is 8.39. The van der Waals surface area contributed by atoms with E-state index in [4.69, 9.17) is 9.72 Å². The molecule has 0 unspecified atom stereocenters. The zero-order valence-corrected chi connectivity index (χ0v) is 18.3. The fourth-order valence-corrected chi connectivity index (χ4v) is 6.00. The first-order valence-corrected chi connectivity index (χ1v) is 11.8. The van der Waals surface area contributed by atoms with Gasteiger partial charge in [-0.2, -0.15) is 0 Å². The second-order valence-corrected chi connectivity index (χ2v) is 9.44. The monoisotopic (exact) mass is 431 g/mol. The van der Waals surface area contributed by atoms with Crippen molar-refractivity contribution in [2.24, 2.45) is 0 Å². The predicted octanol–water partition coefficient (Wildman–Crippen LogP) is 3.02. The molecule has 1 aliphatic carbocycles. The van der Waals surface area contributed by atoms with Gasteiger partial charge in [-0.1, -0.05) is 18.3 Å². The van der Waals surface area contributed by atoms with Crippen molar-refractivity contribution < 1.29 is 9.53 Å². The number of fused-ring (bicyclic) bond motifs is 3. The first-order valence-electron chi connectivity index (χ1n) is 9.97. The van der Waals surface area contributed by atoms with E-state index in [1.54, 1.807) is 15.9 Å². The van der Waals surface area contributed by atoms with Crippen LogP contribution >= 0.6 is 23.1 Å². The molecule has 6 nitrogen and oxygen atoms in total. The molecule has 0 atom stereocenters. The van der Waals surface area contributed by atoms with Gasteiger partial charge in [-0.15, -0.1) is 17.1 Å². The minimum Gasteiger partial charge on any atom is -0.378 e. The van der Waals surface area contributed by atoms with Gasteiger partial charge in [0.25, 0.3) is 5.56 Å². The van der Waals surface area contributed by atoms with Crippen molar-refractivity contribution in [3.8, 4) is 0 Å². The fourth-order valence-electron chi connectivity index (χ4n) is 3.79. The van der Waals surface area contributed by atoms with Gasteiger partial charge in [0.2, 0.25) is 5.91 Å². The molecule has 0 spiro atoms. The number of ether oxygens (including phenoxy) is 1. The Morgan fingerprint density at radius 2 is 2.07 bits per heavy atom. The summed E-state index contributed by atoms with van der Waals surface area (Å²) in [5.74, 6) is 0.320. The van der Waals surface area contributed by atoms with E-state index in [2.05, 4.69) is 12.3 Å². The van der Waals surface area contributed by atoms with Gasteiger partial charge >= 0.3 is 0 Å². The van der Waals surface area contributed by atoms with Crippen LogP contribution in [0.3, 0.4) is 0 Å². The Hall–Kier alpha value is -1.86. The molecule has 154 valence electrons. The lowest BCUT2D eigenvalue weighted by molar-refractivity contribution is -0.132. The second-order valence-electron chi connectivity index (χ2n) is 7.42. The van der Waals surface area contributed by atoms with Crippen molar-refractivity contribution in [3.05, 3.63) is 38.7 Å². The lowest BCUT2D eigenvalue weighted by Crippen LogP contribution is -2.41. The molecule has 2 aliphatic rings. The summed E-state index contributed by atoms with van der Waals surface area (Å²) in [6.07, 6.45) is 4.26. The van der Waals surface area contributed by atoms with E-state index in [9.17, 15) is 9.59 Å². The molecule has 0 saturated carbocycles. The van der Waals surface area contributed by atoms with Crippen molar-refractivity contribution in [1.82, 2.24) is 14.5 Å². The smallest absolute Gasteiger partial charge is 0.263 e.